The van der Waals surface area contributed by atoms with Crippen LogP contribution in [0.4, 0.5) is 5.69 Å². The molecule has 1 fully saturated rings. The second-order valence-corrected chi connectivity index (χ2v) is 7.09. The van der Waals surface area contributed by atoms with E-state index in [-0.39, 0.29) is 28.1 Å². The Morgan fingerprint density at radius 1 is 1.43 bits per heavy atom. The second kappa shape index (κ2) is 6.08. The molecule has 0 amide bonds. The standard InChI is InChI=1S/C12H13ClN2O5S/c13-11-6-10(15(17)18)3-4-12(11)21(19,20)14-5-1-2-9(7-14)8-16/h3-4,6,8-9H,1-2,5,7H2. The molecular weight excluding hydrogens is 320 g/mol. The summed E-state index contributed by atoms with van der Waals surface area (Å²) in [7, 11) is -3.86. The summed E-state index contributed by atoms with van der Waals surface area (Å²) in [6.45, 7) is 0.416. The lowest BCUT2D eigenvalue weighted by Gasteiger charge is -2.29. The van der Waals surface area contributed by atoms with Crippen LogP contribution in [0.15, 0.2) is 23.1 Å². The first-order valence-corrected chi connectivity index (χ1v) is 8.07. The van der Waals surface area contributed by atoms with Gasteiger partial charge in [-0.05, 0) is 18.9 Å². The maximum absolute atomic E-state index is 12.5. The Labute approximate surface area is 126 Å². The van der Waals surface area contributed by atoms with Crippen LogP contribution in [-0.2, 0) is 14.8 Å². The number of rotatable bonds is 4. The number of carbonyl (C=O) groups excluding carboxylic acids is 1. The molecule has 0 radical (unpaired) electrons. The third kappa shape index (κ3) is 3.22. The van der Waals surface area contributed by atoms with Gasteiger partial charge in [0, 0.05) is 31.1 Å². The fourth-order valence-corrected chi connectivity index (χ4v) is 4.30. The van der Waals surface area contributed by atoms with Crippen LogP contribution in [-0.4, -0.2) is 37.0 Å². The molecule has 0 N–H and O–H groups in total. The van der Waals surface area contributed by atoms with Gasteiger partial charge in [-0.2, -0.15) is 4.31 Å². The number of sulfonamides is 1. The van der Waals surface area contributed by atoms with Crippen molar-refractivity contribution in [2.45, 2.75) is 17.7 Å². The average molecular weight is 333 g/mol. The number of non-ortho nitro benzene ring substituents is 1. The third-order valence-corrected chi connectivity index (χ3v) is 5.71. The smallest absolute Gasteiger partial charge is 0.271 e. The van der Waals surface area contributed by atoms with Crippen molar-refractivity contribution >= 4 is 33.6 Å². The molecule has 1 aromatic carbocycles. The number of nitro benzene ring substituents is 1. The van der Waals surface area contributed by atoms with Crippen molar-refractivity contribution in [2.75, 3.05) is 13.1 Å². The third-order valence-electron chi connectivity index (χ3n) is 3.36. The molecule has 0 aliphatic carbocycles. The summed E-state index contributed by atoms with van der Waals surface area (Å²) in [4.78, 5) is 20.7. The minimum Gasteiger partial charge on any atom is -0.303 e. The van der Waals surface area contributed by atoms with Gasteiger partial charge in [-0.25, -0.2) is 8.42 Å². The number of hydrogen-bond donors (Lipinski definition) is 0. The van der Waals surface area contributed by atoms with Crippen LogP contribution in [0, 0.1) is 16.0 Å². The summed E-state index contributed by atoms with van der Waals surface area (Å²) in [6.07, 6.45) is 2.00. The van der Waals surface area contributed by atoms with Gasteiger partial charge in [0.1, 0.15) is 11.2 Å². The van der Waals surface area contributed by atoms with Gasteiger partial charge in [0.25, 0.3) is 5.69 Å². The van der Waals surface area contributed by atoms with Crippen LogP contribution in [0.25, 0.3) is 0 Å². The molecule has 1 aliphatic heterocycles. The minimum atomic E-state index is -3.86. The van der Waals surface area contributed by atoms with Crippen molar-refractivity contribution in [2.24, 2.45) is 5.92 Å². The molecule has 7 nitrogen and oxygen atoms in total. The largest absolute Gasteiger partial charge is 0.303 e. The highest BCUT2D eigenvalue weighted by Gasteiger charge is 2.32. The molecule has 2 rings (SSSR count). The molecule has 0 aromatic heterocycles. The first kappa shape index (κ1) is 15.9. The Kier molecular flexibility index (Phi) is 4.60. The zero-order valence-corrected chi connectivity index (χ0v) is 12.5. The van der Waals surface area contributed by atoms with Crippen molar-refractivity contribution in [1.29, 1.82) is 0 Å². The molecule has 1 heterocycles. The van der Waals surface area contributed by atoms with Crippen LogP contribution < -0.4 is 0 Å². The van der Waals surface area contributed by atoms with E-state index in [4.69, 9.17) is 11.6 Å². The maximum Gasteiger partial charge on any atom is 0.271 e. The van der Waals surface area contributed by atoms with Crippen molar-refractivity contribution in [3.8, 4) is 0 Å². The van der Waals surface area contributed by atoms with Gasteiger partial charge < -0.3 is 4.79 Å². The highest BCUT2D eigenvalue weighted by molar-refractivity contribution is 7.89. The summed E-state index contributed by atoms with van der Waals surface area (Å²) in [5.74, 6) is -0.328. The van der Waals surface area contributed by atoms with Crippen molar-refractivity contribution in [3.63, 3.8) is 0 Å². The number of hydrogen-bond acceptors (Lipinski definition) is 5. The zero-order chi connectivity index (χ0) is 15.6. The average Bonchev–Trinajstić information content (AvgIpc) is 2.46. The van der Waals surface area contributed by atoms with Crippen molar-refractivity contribution in [3.05, 3.63) is 33.3 Å². The number of piperidine rings is 1. The van der Waals surface area contributed by atoms with Gasteiger partial charge in [0.05, 0.1) is 9.95 Å². The van der Waals surface area contributed by atoms with Crippen molar-refractivity contribution < 1.29 is 18.1 Å². The van der Waals surface area contributed by atoms with E-state index in [0.29, 0.717) is 19.4 Å². The Morgan fingerprint density at radius 3 is 2.71 bits per heavy atom. The fraction of sp³-hybridized carbons (Fsp3) is 0.417. The van der Waals surface area contributed by atoms with Gasteiger partial charge in [-0.15, -0.1) is 0 Å². The summed E-state index contributed by atoms with van der Waals surface area (Å²) in [6, 6.07) is 3.23. The van der Waals surface area contributed by atoms with E-state index in [2.05, 4.69) is 0 Å². The monoisotopic (exact) mass is 332 g/mol. The first-order valence-electron chi connectivity index (χ1n) is 6.25. The predicted octanol–water partition coefficient (Wildman–Crippen LogP) is 1.85. The van der Waals surface area contributed by atoms with Crippen LogP contribution in [0.5, 0.6) is 0 Å². The summed E-state index contributed by atoms with van der Waals surface area (Å²) < 4.78 is 26.2. The molecule has 1 unspecified atom stereocenters. The highest BCUT2D eigenvalue weighted by atomic mass is 35.5. The zero-order valence-electron chi connectivity index (χ0n) is 10.9. The van der Waals surface area contributed by atoms with E-state index in [1.165, 1.54) is 4.31 Å². The van der Waals surface area contributed by atoms with E-state index in [9.17, 15) is 23.3 Å². The molecule has 1 saturated heterocycles. The van der Waals surface area contributed by atoms with E-state index < -0.39 is 14.9 Å². The summed E-state index contributed by atoms with van der Waals surface area (Å²) >= 11 is 5.87. The summed E-state index contributed by atoms with van der Waals surface area (Å²) in [5.41, 5.74) is -0.275. The molecule has 0 bridgehead atoms. The maximum atomic E-state index is 12.5. The molecule has 0 saturated carbocycles. The van der Waals surface area contributed by atoms with E-state index in [0.717, 1.165) is 24.5 Å². The van der Waals surface area contributed by atoms with Crippen LogP contribution in [0.1, 0.15) is 12.8 Å². The number of nitrogens with zero attached hydrogens (tertiary/aromatic N) is 2. The molecule has 114 valence electrons. The first-order chi connectivity index (χ1) is 9.86. The number of halogens is 1. The van der Waals surface area contributed by atoms with Crippen LogP contribution in [0.3, 0.4) is 0 Å². The fourth-order valence-electron chi connectivity index (χ4n) is 2.25. The second-order valence-electron chi connectivity index (χ2n) is 4.77. The summed E-state index contributed by atoms with van der Waals surface area (Å²) in [5, 5.41) is 10.4. The lowest BCUT2D eigenvalue weighted by atomic mass is 10.0. The van der Waals surface area contributed by atoms with Gasteiger partial charge >= 0.3 is 0 Å². The normalized spacial score (nSPS) is 20.1. The van der Waals surface area contributed by atoms with Crippen LogP contribution >= 0.6 is 11.6 Å². The molecule has 1 aliphatic rings. The van der Waals surface area contributed by atoms with E-state index in [1.807, 2.05) is 0 Å². The number of aldehydes is 1. The molecule has 21 heavy (non-hydrogen) atoms. The Balaban J connectivity index is 2.35. The number of nitro groups is 1. The lowest BCUT2D eigenvalue weighted by molar-refractivity contribution is -0.384. The van der Waals surface area contributed by atoms with Crippen molar-refractivity contribution in [1.82, 2.24) is 4.31 Å². The number of carbonyl (C=O) groups is 1. The highest BCUT2D eigenvalue weighted by Crippen LogP contribution is 2.30. The Morgan fingerprint density at radius 2 is 2.14 bits per heavy atom. The SMILES string of the molecule is O=CC1CCCN(S(=O)(=O)c2ccc([N+](=O)[O-])cc2Cl)C1. The van der Waals surface area contributed by atoms with Gasteiger partial charge in [0.2, 0.25) is 10.0 Å². The molecular formula is C12H13ClN2O5S. The van der Waals surface area contributed by atoms with Gasteiger partial charge in [-0.1, -0.05) is 11.6 Å². The predicted molar refractivity (Wildman–Crippen MR) is 75.7 cm³/mol. The molecule has 0 spiro atoms. The minimum absolute atomic E-state index is 0.110. The van der Waals surface area contributed by atoms with Crippen LogP contribution in [0.2, 0.25) is 5.02 Å². The molecule has 1 aromatic rings. The van der Waals surface area contributed by atoms with Gasteiger partial charge in [-0.3, -0.25) is 10.1 Å². The Hall–Kier alpha value is -1.51. The van der Waals surface area contributed by atoms with E-state index >= 15 is 0 Å². The van der Waals surface area contributed by atoms with Gasteiger partial charge in [0.15, 0.2) is 0 Å². The lowest BCUT2D eigenvalue weighted by Crippen LogP contribution is -2.40. The topological polar surface area (TPSA) is 97.6 Å². The Bertz CT molecular complexity index is 676. The van der Waals surface area contributed by atoms with E-state index in [1.54, 1.807) is 0 Å². The number of benzene rings is 1. The quantitative estimate of drug-likeness (QED) is 0.476. The molecule has 9 heteroatoms. The molecule has 1 atom stereocenters.